The number of aliphatic carboxylic acids is 1. The van der Waals surface area contributed by atoms with E-state index >= 15 is 0 Å². The number of benzene rings is 2. The zero-order valence-corrected chi connectivity index (χ0v) is 19.5. The third-order valence-electron chi connectivity index (χ3n) is 5.01. The highest BCUT2D eigenvalue weighted by atomic mass is 35.5. The number of carboxylic acids is 1. The summed E-state index contributed by atoms with van der Waals surface area (Å²) < 4.78 is 0. The van der Waals surface area contributed by atoms with Crippen LogP contribution >= 0.6 is 35.8 Å². The normalized spacial score (nSPS) is 17.0. The summed E-state index contributed by atoms with van der Waals surface area (Å²) >= 11 is 7.64. The van der Waals surface area contributed by atoms with Gasteiger partial charge < -0.3 is 15.7 Å². The SMILES string of the molecule is Cl.O=C(C[C@@H](CNC(=O)[C@@H]1CSCN1)c1ccc(Cl)cc1)N[C@H](C(=O)O)c1ccccc1. The van der Waals surface area contributed by atoms with Crippen molar-refractivity contribution in [3.63, 3.8) is 0 Å². The maximum Gasteiger partial charge on any atom is 0.330 e. The van der Waals surface area contributed by atoms with Crippen molar-refractivity contribution in [3.8, 4) is 0 Å². The monoisotopic (exact) mass is 497 g/mol. The molecule has 172 valence electrons. The highest BCUT2D eigenvalue weighted by Crippen LogP contribution is 2.23. The molecule has 0 spiro atoms. The van der Waals surface area contributed by atoms with Gasteiger partial charge in [-0.25, -0.2) is 4.79 Å². The van der Waals surface area contributed by atoms with Gasteiger partial charge in [0.2, 0.25) is 11.8 Å². The standard InChI is InChI=1S/C22H24ClN3O4S.ClH/c23-17-8-6-14(7-9-17)16(11-24-21(28)18-12-31-13-25-18)10-19(27)26-20(22(29)30)15-4-2-1-3-5-15;/h1-9,16,18,20,25H,10-13H2,(H,24,28)(H,26,27)(H,29,30);1H/t16-,18-,20-;/m0./s1. The Morgan fingerprint density at radius 1 is 1.09 bits per heavy atom. The van der Waals surface area contributed by atoms with E-state index in [1.165, 1.54) is 0 Å². The number of amides is 2. The molecule has 3 rings (SSSR count). The molecule has 7 nitrogen and oxygen atoms in total. The number of halogens is 2. The summed E-state index contributed by atoms with van der Waals surface area (Å²) in [6.07, 6.45) is 0.0192. The first-order chi connectivity index (χ1) is 14.9. The molecule has 1 heterocycles. The Morgan fingerprint density at radius 2 is 1.78 bits per heavy atom. The summed E-state index contributed by atoms with van der Waals surface area (Å²) in [6.45, 7) is 0.250. The third-order valence-corrected chi connectivity index (χ3v) is 6.21. The van der Waals surface area contributed by atoms with Crippen LogP contribution in [0.2, 0.25) is 5.02 Å². The minimum atomic E-state index is -1.14. The van der Waals surface area contributed by atoms with E-state index in [1.54, 1.807) is 54.2 Å². The Morgan fingerprint density at radius 3 is 2.38 bits per heavy atom. The average Bonchev–Trinajstić information content (AvgIpc) is 3.31. The third kappa shape index (κ3) is 7.41. The summed E-state index contributed by atoms with van der Waals surface area (Å²) in [5.41, 5.74) is 1.32. The van der Waals surface area contributed by atoms with Gasteiger partial charge in [0.1, 0.15) is 0 Å². The molecule has 0 aromatic heterocycles. The highest BCUT2D eigenvalue weighted by Gasteiger charge is 2.26. The Bertz CT molecular complexity index is 909. The highest BCUT2D eigenvalue weighted by molar-refractivity contribution is 7.99. The van der Waals surface area contributed by atoms with E-state index in [1.807, 2.05) is 12.1 Å². The Kier molecular flexibility index (Phi) is 10.3. The molecule has 0 bridgehead atoms. The average molecular weight is 498 g/mol. The van der Waals surface area contributed by atoms with Crippen molar-refractivity contribution in [2.75, 3.05) is 18.2 Å². The number of thioether (sulfide) groups is 1. The van der Waals surface area contributed by atoms with Gasteiger partial charge in [0, 0.05) is 35.5 Å². The Labute approximate surface area is 202 Å². The molecule has 2 amide bonds. The number of nitrogens with one attached hydrogen (secondary N) is 3. The molecule has 1 saturated heterocycles. The van der Waals surface area contributed by atoms with Crippen LogP contribution in [0.25, 0.3) is 0 Å². The van der Waals surface area contributed by atoms with Gasteiger partial charge in [0.05, 0.1) is 6.04 Å². The molecule has 1 aliphatic rings. The maximum atomic E-state index is 12.8. The molecule has 1 aliphatic heterocycles. The van der Waals surface area contributed by atoms with Crippen LogP contribution in [0.15, 0.2) is 54.6 Å². The van der Waals surface area contributed by atoms with Crippen molar-refractivity contribution < 1.29 is 19.5 Å². The van der Waals surface area contributed by atoms with E-state index in [0.717, 1.165) is 11.4 Å². The minimum Gasteiger partial charge on any atom is -0.479 e. The first-order valence-corrected chi connectivity index (χ1v) is 11.4. The molecule has 3 atom stereocenters. The predicted molar refractivity (Wildman–Crippen MR) is 128 cm³/mol. The van der Waals surface area contributed by atoms with Gasteiger partial charge in [-0.2, -0.15) is 0 Å². The van der Waals surface area contributed by atoms with Crippen molar-refractivity contribution >= 4 is 53.6 Å². The maximum absolute atomic E-state index is 12.8. The second-order valence-electron chi connectivity index (χ2n) is 7.22. The Balaban J connectivity index is 0.00000363. The first kappa shape index (κ1) is 26.0. The lowest BCUT2D eigenvalue weighted by Crippen LogP contribution is -2.44. The van der Waals surface area contributed by atoms with E-state index in [0.29, 0.717) is 16.3 Å². The van der Waals surface area contributed by atoms with Crippen molar-refractivity contribution in [2.24, 2.45) is 0 Å². The number of rotatable bonds is 9. The van der Waals surface area contributed by atoms with Crippen molar-refractivity contribution in [2.45, 2.75) is 24.4 Å². The van der Waals surface area contributed by atoms with Crippen molar-refractivity contribution in [1.82, 2.24) is 16.0 Å². The van der Waals surface area contributed by atoms with E-state index in [2.05, 4.69) is 16.0 Å². The van der Waals surface area contributed by atoms with E-state index < -0.39 is 17.9 Å². The molecule has 2 aromatic carbocycles. The van der Waals surface area contributed by atoms with Crippen LogP contribution in [0.4, 0.5) is 0 Å². The van der Waals surface area contributed by atoms with Crippen LogP contribution < -0.4 is 16.0 Å². The first-order valence-electron chi connectivity index (χ1n) is 9.85. The zero-order chi connectivity index (χ0) is 22.2. The zero-order valence-electron chi connectivity index (χ0n) is 17.1. The molecule has 32 heavy (non-hydrogen) atoms. The Hall–Kier alpha value is -2.26. The molecule has 1 fully saturated rings. The number of carbonyl (C=O) groups is 3. The number of hydrogen-bond acceptors (Lipinski definition) is 5. The number of carboxylic acid groups (broad SMARTS) is 1. The molecule has 2 aromatic rings. The molecule has 0 saturated carbocycles. The van der Waals surface area contributed by atoms with Gasteiger partial charge in [0.15, 0.2) is 6.04 Å². The summed E-state index contributed by atoms with van der Waals surface area (Å²) in [5.74, 6) is -0.565. The summed E-state index contributed by atoms with van der Waals surface area (Å²) in [6, 6.07) is 14.2. The van der Waals surface area contributed by atoms with Gasteiger partial charge in [0.25, 0.3) is 0 Å². The second kappa shape index (κ2) is 12.7. The van der Waals surface area contributed by atoms with E-state index in [4.69, 9.17) is 11.6 Å². The van der Waals surface area contributed by atoms with Gasteiger partial charge in [-0.1, -0.05) is 54.1 Å². The van der Waals surface area contributed by atoms with Crippen LogP contribution in [-0.4, -0.2) is 47.1 Å². The fraction of sp³-hybridized carbons (Fsp3) is 0.318. The lowest BCUT2D eigenvalue weighted by Gasteiger charge is -2.21. The van der Waals surface area contributed by atoms with Gasteiger partial charge in [-0.15, -0.1) is 24.2 Å². The molecular weight excluding hydrogens is 473 g/mol. The van der Waals surface area contributed by atoms with Gasteiger partial charge >= 0.3 is 5.97 Å². The molecule has 10 heteroatoms. The van der Waals surface area contributed by atoms with Gasteiger partial charge in [-0.3, -0.25) is 14.9 Å². The molecule has 0 unspecified atom stereocenters. The van der Waals surface area contributed by atoms with Crippen molar-refractivity contribution in [1.29, 1.82) is 0 Å². The summed E-state index contributed by atoms with van der Waals surface area (Å²) in [5, 5.41) is 18.7. The van der Waals surface area contributed by atoms with Crippen LogP contribution in [0.3, 0.4) is 0 Å². The largest absolute Gasteiger partial charge is 0.479 e. The van der Waals surface area contributed by atoms with Crippen LogP contribution in [0, 0.1) is 0 Å². The molecule has 0 aliphatic carbocycles. The fourth-order valence-electron chi connectivity index (χ4n) is 3.33. The van der Waals surface area contributed by atoms with E-state index in [9.17, 15) is 19.5 Å². The minimum absolute atomic E-state index is 0. The number of carbonyl (C=O) groups excluding carboxylic acids is 2. The quantitative estimate of drug-likeness (QED) is 0.424. The lowest BCUT2D eigenvalue weighted by molar-refractivity contribution is -0.142. The van der Waals surface area contributed by atoms with Crippen LogP contribution in [0.1, 0.15) is 29.5 Å². The fourth-order valence-corrected chi connectivity index (χ4v) is 4.40. The smallest absolute Gasteiger partial charge is 0.330 e. The molecular formula is C22H25Cl2N3O4S. The van der Waals surface area contributed by atoms with Crippen LogP contribution in [0.5, 0.6) is 0 Å². The lowest BCUT2D eigenvalue weighted by atomic mass is 9.94. The van der Waals surface area contributed by atoms with Crippen molar-refractivity contribution in [3.05, 3.63) is 70.7 Å². The van der Waals surface area contributed by atoms with E-state index in [-0.39, 0.29) is 43.2 Å². The topological polar surface area (TPSA) is 108 Å². The second-order valence-corrected chi connectivity index (χ2v) is 8.69. The van der Waals surface area contributed by atoms with Gasteiger partial charge in [-0.05, 0) is 23.3 Å². The summed E-state index contributed by atoms with van der Waals surface area (Å²) in [4.78, 5) is 36.8. The van der Waals surface area contributed by atoms with Crippen LogP contribution in [-0.2, 0) is 14.4 Å². The molecule has 4 N–H and O–H groups in total. The predicted octanol–water partition coefficient (Wildman–Crippen LogP) is 2.96. The number of hydrogen-bond donors (Lipinski definition) is 4. The summed E-state index contributed by atoms with van der Waals surface area (Å²) in [7, 11) is 0. The molecule has 0 radical (unpaired) electrons.